The van der Waals surface area contributed by atoms with Gasteiger partial charge in [0.05, 0.1) is 19.1 Å². The SMILES string of the molecule is COc1ccccc1N1CCN(C(=O)CCc2nc(-c3ccco3)no2)CC1. The van der Waals surface area contributed by atoms with Crippen molar-refractivity contribution in [1.29, 1.82) is 0 Å². The van der Waals surface area contributed by atoms with Crippen molar-refractivity contribution in [3.63, 3.8) is 0 Å². The van der Waals surface area contributed by atoms with Gasteiger partial charge in [-0.25, -0.2) is 0 Å². The number of hydrogen-bond donors (Lipinski definition) is 0. The second-order valence-corrected chi connectivity index (χ2v) is 6.53. The van der Waals surface area contributed by atoms with Crippen molar-refractivity contribution in [1.82, 2.24) is 15.0 Å². The van der Waals surface area contributed by atoms with E-state index in [0.717, 1.165) is 24.5 Å². The predicted molar refractivity (Wildman–Crippen MR) is 102 cm³/mol. The van der Waals surface area contributed by atoms with Crippen LogP contribution in [0.2, 0.25) is 0 Å². The number of methoxy groups -OCH3 is 1. The van der Waals surface area contributed by atoms with Gasteiger partial charge in [0, 0.05) is 39.0 Å². The van der Waals surface area contributed by atoms with Gasteiger partial charge in [0.2, 0.25) is 17.6 Å². The number of para-hydroxylation sites is 2. The third-order valence-electron chi connectivity index (χ3n) is 4.82. The Kier molecular flexibility index (Phi) is 5.27. The molecule has 1 aromatic carbocycles. The molecule has 0 spiro atoms. The van der Waals surface area contributed by atoms with Crippen LogP contribution in [-0.2, 0) is 11.2 Å². The van der Waals surface area contributed by atoms with Crippen LogP contribution in [-0.4, -0.2) is 54.2 Å². The van der Waals surface area contributed by atoms with Crippen LogP contribution in [0.1, 0.15) is 12.3 Å². The summed E-state index contributed by atoms with van der Waals surface area (Å²) in [6.45, 7) is 2.90. The van der Waals surface area contributed by atoms with Gasteiger partial charge in [-0.05, 0) is 24.3 Å². The smallest absolute Gasteiger partial charge is 0.238 e. The largest absolute Gasteiger partial charge is 0.495 e. The van der Waals surface area contributed by atoms with Crippen LogP contribution >= 0.6 is 0 Å². The molecular weight excluding hydrogens is 360 g/mol. The summed E-state index contributed by atoms with van der Waals surface area (Å²) in [5.41, 5.74) is 1.06. The van der Waals surface area contributed by atoms with E-state index in [0.29, 0.717) is 43.4 Å². The fourth-order valence-electron chi connectivity index (χ4n) is 3.32. The van der Waals surface area contributed by atoms with Gasteiger partial charge in [-0.2, -0.15) is 4.98 Å². The predicted octanol–water partition coefficient (Wildman–Crippen LogP) is 2.62. The Labute approximate surface area is 162 Å². The molecule has 2 aromatic heterocycles. The first-order valence-corrected chi connectivity index (χ1v) is 9.27. The molecule has 8 heteroatoms. The third kappa shape index (κ3) is 3.85. The molecule has 3 aromatic rings. The number of hydrogen-bond acceptors (Lipinski definition) is 7. The number of amides is 1. The Morgan fingerprint density at radius 1 is 1.14 bits per heavy atom. The molecule has 0 unspecified atom stereocenters. The number of piperazine rings is 1. The van der Waals surface area contributed by atoms with Crippen molar-refractivity contribution >= 4 is 11.6 Å². The van der Waals surface area contributed by atoms with E-state index in [1.807, 2.05) is 29.2 Å². The highest BCUT2D eigenvalue weighted by Crippen LogP contribution is 2.28. The Hall–Kier alpha value is -3.29. The number of ether oxygens (including phenoxy) is 1. The highest BCUT2D eigenvalue weighted by Gasteiger charge is 2.23. The zero-order valence-electron chi connectivity index (χ0n) is 15.7. The van der Waals surface area contributed by atoms with Crippen molar-refractivity contribution in [3.05, 3.63) is 48.6 Å². The Balaban J connectivity index is 1.29. The Morgan fingerprint density at radius 2 is 1.96 bits per heavy atom. The molecule has 0 bridgehead atoms. The summed E-state index contributed by atoms with van der Waals surface area (Å²) in [6.07, 6.45) is 2.31. The molecule has 1 fully saturated rings. The lowest BCUT2D eigenvalue weighted by molar-refractivity contribution is -0.131. The van der Waals surface area contributed by atoms with E-state index in [2.05, 4.69) is 15.0 Å². The highest BCUT2D eigenvalue weighted by atomic mass is 16.5. The van der Waals surface area contributed by atoms with E-state index in [4.69, 9.17) is 13.7 Å². The van der Waals surface area contributed by atoms with Gasteiger partial charge in [-0.3, -0.25) is 4.79 Å². The maximum absolute atomic E-state index is 12.5. The number of benzene rings is 1. The summed E-state index contributed by atoms with van der Waals surface area (Å²) in [7, 11) is 1.67. The summed E-state index contributed by atoms with van der Waals surface area (Å²) in [5.74, 6) is 2.34. The fraction of sp³-hybridized carbons (Fsp3) is 0.350. The van der Waals surface area contributed by atoms with Gasteiger partial charge < -0.3 is 23.5 Å². The number of aryl methyl sites for hydroxylation is 1. The first kappa shape index (κ1) is 18.1. The molecule has 1 amide bonds. The van der Waals surface area contributed by atoms with Crippen molar-refractivity contribution in [3.8, 4) is 17.3 Å². The highest BCUT2D eigenvalue weighted by molar-refractivity contribution is 5.76. The normalized spacial score (nSPS) is 14.3. The van der Waals surface area contributed by atoms with E-state index >= 15 is 0 Å². The molecule has 8 nitrogen and oxygen atoms in total. The fourth-order valence-corrected chi connectivity index (χ4v) is 3.32. The monoisotopic (exact) mass is 382 g/mol. The summed E-state index contributed by atoms with van der Waals surface area (Å²) >= 11 is 0. The molecule has 4 rings (SSSR count). The molecule has 0 saturated carbocycles. The average Bonchev–Trinajstić information content (AvgIpc) is 3.44. The number of aromatic nitrogens is 2. The Bertz CT molecular complexity index is 914. The van der Waals surface area contributed by atoms with Crippen LogP contribution in [0.25, 0.3) is 11.6 Å². The molecule has 0 N–H and O–H groups in total. The van der Waals surface area contributed by atoms with Crippen molar-refractivity contribution in [2.24, 2.45) is 0 Å². The van der Waals surface area contributed by atoms with Gasteiger partial charge in [0.15, 0.2) is 5.76 Å². The number of carbonyl (C=O) groups excluding carboxylic acids is 1. The zero-order valence-corrected chi connectivity index (χ0v) is 15.7. The minimum Gasteiger partial charge on any atom is -0.495 e. The van der Waals surface area contributed by atoms with Gasteiger partial charge in [0.1, 0.15) is 5.75 Å². The lowest BCUT2D eigenvalue weighted by atomic mass is 10.2. The molecule has 1 aliphatic rings. The summed E-state index contributed by atoms with van der Waals surface area (Å²) in [4.78, 5) is 21.0. The number of nitrogens with zero attached hydrogens (tertiary/aromatic N) is 4. The summed E-state index contributed by atoms with van der Waals surface area (Å²) in [6, 6.07) is 11.5. The van der Waals surface area contributed by atoms with Crippen molar-refractivity contribution in [2.75, 3.05) is 38.2 Å². The van der Waals surface area contributed by atoms with Crippen LogP contribution in [0, 0.1) is 0 Å². The maximum atomic E-state index is 12.5. The van der Waals surface area contributed by atoms with Gasteiger partial charge in [-0.15, -0.1) is 0 Å². The topological polar surface area (TPSA) is 84.8 Å². The molecule has 0 atom stereocenters. The van der Waals surface area contributed by atoms with Crippen LogP contribution < -0.4 is 9.64 Å². The molecule has 1 aliphatic heterocycles. The zero-order chi connectivity index (χ0) is 19.3. The molecular formula is C20H22N4O4. The number of anilines is 1. The summed E-state index contributed by atoms with van der Waals surface area (Å²) < 4.78 is 15.9. The van der Waals surface area contributed by atoms with Gasteiger partial charge >= 0.3 is 0 Å². The molecule has 146 valence electrons. The average molecular weight is 382 g/mol. The standard InChI is InChI=1S/C20H22N4O4/c1-26-16-6-3-2-5-15(16)23-10-12-24(13-11-23)19(25)9-8-18-21-20(22-28-18)17-7-4-14-27-17/h2-7,14H,8-13H2,1H3. The van der Waals surface area contributed by atoms with Gasteiger partial charge in [0.25, 0.3) is 0 Å². The van der Waals surface area contributed by atoms with E-state index in [1.165, 1.54) is 0 Å². The molecule has 28 heavy (non-hydrogen) atoms. The molecule has 3 heterocycles. The Morgan fingerprint density at radius 3 is 2.71 bits per heavy atom. The van der Waals surface area contributed by atoms with Crippen molar-refractivity contribution < 1.29 is 18.5 Å². The van der Waals surface area contributed by atoms with E-state index in [9.17, 15) is 4.79 Å². The van der Waals surface area contributed by atoms with E-state index < -0.39 is 0 Å². The second kappa shape index (κ2) is 8.16. The lowest BCUT2D eigenvalue weighted by Gasteiger charge is -2.36. The third-order valence-corrected chi connectivity index (χ3v) is 4.82. The van der Waals surface area contributed by atoms with Crippen LogP contribution in [0.4, 0.5) is 5.69 Å². The number of carbonyl (C=O) groups is 1. The van der Waals surface area contributed by atoms with Crippen LogP contribution in [0.15, 0.2) is 51.6 Å². The van der Waals surface area contributed by atoms with Crippen molar-refractivity contribution in [2.45, 2.75) is 12.8 Å². The molecule has 0 radical (unpaired) electrons. The molecule has 0 aliphatic carbocycles. The van der Waals surface area contributed by atoms with E-state index in [1.54, 1.807) is 25.5 Å². The minimum absolute atomic E-state index is 0.0948. The molecule has 1 saturated heterocycles. The van der Waals surface area contributed by atoms with E-state index in [-0.39, 0.29) is 5.91 Å². The van der Waals surface area contributed by atoms with Gasteiger partial charge in [-0.1, -0.05) is 17.3 Å². The lowest BCUT2D eigenvalue weighted by Crippen LogP contribution is -2.48. The first-order chi connectivity index (χ1) is 13.7. The first-order valence-electron chi connectivity index (χ1n) is 9.27. The number of rotatable bonds is 6. The number of furan rings is 1. The van der Waals surface area contributed by atoms with Crippen LogP contribution in [0.3, 0.4) is 0 Å². The second-order valence-electron chi connectivity index (χ2n) is 6.53. The summed E-state index contributed by atoms with van der Waals surface area (Å²) in [5, 5.41) is 3.89. The minimum atomic E-state index is 0.0948. The van der Waals surface area contributed by atoms with Crippen LogP contribution in [0.5, 0.6) is 5.75 Å². The quantitative estimate of drug-likeness (QED) is 0.648. The maximum Gasteiger partial charge on any atom is 0.238 e.